The number of halogens is 1. The summed E-state index contributed by atoms with van der Waals surface area (Å²) in [5, 5.41) is 23.9. The summed E-state index contributed by atoms with van der Waals surface area (Å²) in [5.41, 5.74) is 0.710. The number of esters is 1. The number of rotatable bonds is 7. The van der Waals surface area contributed by atoms with Gasteiger partial charge in [0.25, 0.3) is 0 Å². The Morgan fingerprint density at radius 3 is 2.67 bits per heavy atom. The molecule has 1 aliphatic rings. The van der Waals surface area contributed by atoms with Crippen molar-refractivity contribution in [2.45, 2.75) is 31.8 Å². The third-order valence-electron chi connectivity index (χ3n) is 4.24. The second-order valence-corrected chi connectivity index (χ2v) is 7.11. The molecule has 1 atom stereocenters. The van der Waals surface area contributed by atoms with Crippen molar-refractivity contribution < 1.29 is 19.4 Å². The topological polar surface area (TPSA) is 93.6 Å². The van der Waals surface area contributed by atoms with Gasteiger partial charge in [0.05, 0.1) is 6.61 Å². The number of aromatic nitrogens is 2. The highest BCUT2D eigenvalue weighted by Gasteiger charge is 2.22. The summed E-state index contributed by atoms with van der Waals surface area (Å²) in [5.74, 6) is 0.561. The summed E-state index contributed by atoms with van der Waals surface area (Å²) in [7, 11) is 0. The molecule has 0 aliphatic carbocycles. The molecule has 7 nitrogen and oxygen atoms in total. The zero-order valence-electron chi connectivity index (χ0n) is 15.1. The fourth-order valence-corrected chi connectivity index (χ4v) is 3.85. The van der Waals surface area contributed by atoms with Gasteiger partial charge in [-0.25, -0.2) is 4.79 Å². The third-order valence-corrected chi connectivity index (χ3v) is 5.37. The first-order valence-electron chi connectivity index (χ1n) is 8.78. The number of benzene rings is 1. The van der Waals surface area contributed by atoms with Crippen LogP contribution >= 0.6 is 28.3 Å². The maximum absolute atomic E-state index is 11.3. The molecule has 0 spiro atoms. The molecule has 0 radical (unpaired) electrons. The van der Waals surface area contributed by atoms with Crippen molar-refractivity contribution in [2.75, 3.05) is 26.3 Å². The summed E-state index contributed by atoms with van der Waals surface area (Å²) >= 11 is 1.47. The fourth-order valence-electron chi connectivity index (χ4n) is 2.82. The SMILES string of the molecule is Br.CCOC(=O)COc1ccc(C(O)c2nnc(C3CCNCC3)s2)cc1. The number of carbonyl (C=O) groups excluding carboxylic acids is 1. The molecular weight excluding hydrogens is 434 g/mol. The molecule has 9 heteroatoms. The average molecular weight is 458 g/mol. The monoisotopic (exact) mass is 457 g/mol. The lowest BCUT2D eigenvalue weighted by Gasteiger charge is -2.19. The lowest BCUT2D eigenvalue weighted by molar-refractivity contribution is -0.145. The number of aliphatic hydroxyl groups is 1. The van der Waals surface area contributed by atoms with Crippen molar-refractivity contribution in [3.8, 4) is 5.75 Å². The highest BCUT2D eigenvalue weighted by Crippen LogP contribution is 2.32. The Balaban J connectivity index is 0.00000261. The van der Waals surface area contributed by atoms with Crippen LogP contribution in [0.4, 0.5) is 0 Å². The fraction of sp³-hybridized carbons (Fsp3) is 0.500. The molecule has 1 fully saturated rings. The van der Waals surface area contributed by atoms with Crippen molar-refractivity contribution in [1.29, 1.82) is 0 Å². The van der Waals surface area contributed by atoms with E-state index in [2.05, 4.69) is 15.5 Å². The van der Waals surface area contributed by atoms with Crippen molar-refractivity contribution in [2.24, 2.45) is 0 Å². The van der Waals surface area contributed by atoms with E-state index in [9.17, 15) is 9.90 Å². The number of nitrogens with zero attached hydrogens (tertiary/aromatic N) is 2. The van der Waals surface area contributed by atoms with Gasteiger partial charge in [-0.2, -0.15) is 0 Å². The Kier molecular flexibility index (Phi) is 8.62. The highest BCUT2D eigenvalue weighted by molar-refractivity contribution is 8.93. The quantitative estimate of drug-likeness (QED) is 0.616. The van der Waals surface area contributed by atoms with Gasteiger partial charge in [0.1, 0.15) is 16.9 Å². The standard InChI is InChI=1S/C18H23N3O4S.BrH/c1-2-24-15(22)11-25-14-5-3-12(4-6-14)16(23)18-21-20-17(26-18)13-7-9-19-10-8-13;/h3-6,13,16,19,23H,2,7-11H2,1H3;1H. The minimum absolute atomic E-state index is 0. The molecule has 1 aromatic heterocycles. The van der Waals surface area contributed by atoms with Gasteiger partial charge < -0.3 is 19.9 Å². The van der Waals surface area contributed by atoms with Crippen molar-refractivity contribution in [1.82, 2.24) is 15.5 Å². The molecule has 27 heavy (non-hydrogen) atoms. The van der Waals surface area contributed by atoms with Gasteiger partial charge >= 0.3 is 5.97 Å². The second-order valence-electron chi connectivity index (χ2n) is 6.07. The lowest BCUT2D eigenvalue weighted by atomic mass is 9.99. The molecule has 0 saturated carbocycles. The summed E-state index contributed by atoms with van der Waals surface area (Å²) in [6, 6.07) is 6.95. The zero-order chi connectivity index (χ0) is 18.4. The van der Waals surface area contributed by atoms with Crippen LogP contribution < -0.4 is 10.1 Å². The normalized spacial score (nSPS) is 15.6. The number of carbonyl (C=O) groups is 1. The number of hydrogen-bond acceptors (Lipinski definition) is 8. The second kappa shape index (κ2) is 10.7. The Hall–Kier alpha value is -1.55. The summed E-state index contributed by atoms with van der Waals surface area (Å²) < 4.78 is 10.2. The Bertz CT molecular complexity index is 720. The first-order valence-corrected chi connectivity index (χ1v) is 9.59. The number of hydrogen-bond donors (Lipinski definition) is 2. The minimum Gasteiger partial charge on any atom is -0.482 e. The van der Waals surface area contributed by atoms with Gasteiger partial charge in [0, 0.05) is 5.92 Å². The molecular formula is C18H24BrN3O4S. The third kappa shape index (κ3) is 5.97. The summed E-state index contributed by atoms with van der Waals surface area (Å²) in [6.07, 6.45) is 1.29. The first-order chi connectivity index (χ1) is 12.7. The molecule has 2 aromatic rings. The summed E-state index contributed by atoms with van der Waals surface area (Å²) in [6.45, 7) is 3.93. The van der Waals surface area contributed by atoms with Crippen LogP contribution in [-0.2, 0) is 9.53 Å². The van der Waals surface area contributed by atoms with Crippen LogP contribution in [0.15, 0.2) is 24.3 Å². The van der Waals surface area contributed by atoms with E-state index in [0.29, 0.717) is 28.8 Å². The maximum atomic E-state index is 11.3. The number of ether oxygens (including phenoxy) is 2. The van der Waals surface area contributed by atoms with Gasteiger partial charge in [-0.15, -0.1) is 27.2 Å². The van der Waals surface area contributed by atoms with E-state index in [4.69, 9.17) is 9.47 Å². The molecule has 2 N–H and O–H groups in total. The smallest absolute Gasteiger partial charge is 0.344 e. The van der Waals surface area contributed by atoms with Gasteiger partial charge in [-0.05, 0) is 50.6 Å². The zero-order valence-corrected chi connectivity index (χ0v) is 17.6. The van der Waals surface area contributed by atoms with Crippen LogP contribution in [0.1, 0.15) is 47.4 Å². The van der Waals surface area contributed by atoms with Gasteiger partial charge in [0.15, 0.2) is 11.6 Å². The van der Waals surface area contributed by atoms with E-state index in [-0.39, 0.29) is 23.6 Å². The van der Waals surface area contributed by atoms with E-state index >= 15 is 0 Å². The molecule has 0 amide bonds. The Morgan fingerprint density at radius 2 is 2.00 bits per heavy atom. The molecule has 1 aliphatic heterocycles. The van der Waals surface area contributed by atoms with E-state index in [0.717, 1.165) is 30.9 Å². The average Bonchev–Trinajstić information content (AvgIpc) is 3.17. The molecule has 3 rings (SSSR count). The van der Waals surface area contributed by atoms with Gasteiger partial charge in [0.2, 0.25) is 0 Å². The van der Waals surface area contributed by atoms with E-state index in [1.807, 2.05) is 0 Å². The van der Waals surface area contributed by atoms with Crippen molar-refractivity contribution in [3.05, 3.63) is 39.8 Å². The highest BCUT2D eigenvalue weighted by atomic mass is 79.9. The van der Waals surface area contributed by atoms with E-state index in [1.165, 1.54) is 11.3 Å². The predicted octanol–water partition coefficient (Wildman–Crippen LogP) is 2.61. The van der Waals surface area contributed by atoms with Crippen LogP contribution in [0, 0.1) is 0 Å². The molecule has 148 valence electrons. The Morgan fingerprint density at radius 1 is 1.30 bits per heavy atom. The minimum atomic E-state index is -0.818. The van der Waals surface area contributed by atoms with Crippen molar-refractivity contribution in [3.63, 3.8) is 0 Å². The number of nitrogens with one attached hydrogen (secondary N) is 1. The van der Waals surface area contributed by atoms with Crippen LogP contribution in [0.25, 0.3) is 0 Å². The van der Waals surface area contributed by atoms with Gasteiger partial charge in [-0.1, -0.05) is 23.5 Å². The van der Waals surface area contributed by atoms with Crippen LogP contribution in [0.2, 0.25) is 0 Å². The Labute approximate surface area is 172 Å². The summed E-state index contributed by atoms with van der Waals surface area (Å²) in [4.78, 5) is 11.3. The van der Waals surface area contributed by atoms with Crippen molar-refractivity contribution >= 4 is 34.3 Å². The van der Waals surface area contributed by atoms with E-state index < -0.39 is 12.1 Å². The largest absolute Gasteiger partial charge is 0.482 e. The lowest BCUT2D eigenvalue weighted by Crippen LogP contribution is -2.26. The molecule has 0 bridgehead atoms. The first kappa shape index (κ1) is 21.7. The molecule has 1 saturated heterocycles. The van der Waals surface area contributed by atoms with Crippen LogP contribution in [0.5, 0.6) is 5.75 Å². The van der Waals surface area contributed by atoms with E-state index in [1.54, 1.807) is 31.2 Å². The van der Waals surface area contributed by atoms with Crippen LogP contribution in [-0.4, -0.2) is 47.6 Å². The molecule has 1 unspecified atom stereocenters. The number of piperidine rings is 1. The molecule has 2 heterocycles. The van der Waals surface area contributed by atoms with Crippen LogP contribution in [0.3, 0.4) is 0 Å². The predicted molar refractivity (Wildman–Crippen MR) is 108 cm³/mol. The maximum Gasteiger partial charge on any atom is 0.344 e. The van der Waals surface area contributed by atoms with Gasteiger partial charge in [-0.3, -0.25) is 0 Å². The number of aliphatic hydroxyl groups excluding tert-OH is 1. The molecule has 1 aromatic carbocycles.